The smallest absolute Gasteiger partial charge is 0.266 e. The lowest BCUT2D eigenvalue weighted by Gasteiger charge is -1.98. The topological polar surface area (TPSA) is 60.1 Å². The number of furan rings is 1. The largest absolute Gasteiger partial charge is 0.464 e. The quantitative estimate of drug-likeness (QED) is 0.799. The van der Waals surface area contributed by atoms with Gasteiger partial charge in [-0.1, -0.05) is 0 Å². The zero-order valence-electron chi connectivity index (χ0n) is 10.9. The highest BCUT2D eigenvalue weighted by Crippen LogP contribution is 2.26. The lowest BCUT2D eigenvalue weighted by Crippen LogP contribution is -2.11. The number of hydrogen-bond acceptors (Lipinski definition) is 4. The minimum atomic E-state index is -0.158. The summed E-state index contributed by atoms with van der Waals surface area (Å²) in [4.78, 5) is 12.7. The molecular weight excluding hydrogens is 274 g/mol. The minimum Gasteiger partial charge on any atom is -0.464 e. The van der Waals surface area contributed by atoms with Crippen LogP contribution in [0.4, 0.5) is 5.82 Å². The molecule has 0 atom stereocenters. The van der Waals surface area contributed by atoms with Crippen molar-refractivity contribution in [2.45, 2.75) is 13.5 Å². The molecule has 3 rings (SSSR count). The van der Waals surface area contributed by atoms with Gasteiger partial charge >= 0.3 is 0 Å². The number of aromatic nitrogens is 2. The van der Waals surface area contributed by atoms with E-state index in [1.165, 1.54) is 11.3 Å². The molecule has 1 N–H and O–H groups in total. The summed E-state index contributed by atoms with van der Waals surface area (Å²) in [5.74, 6) is 1.16. The first-order valence-corrected chi connectivity index (χ1v) is 7.11. The van der Waals surface area contributed by atoms with Crippen LogP contribution in [0.25, 0.3) is 11.3 Å². The number of rotatable bonds is 4. The highest BCUT2D eigenvalue weighted by molar-refractivity contribution is 7.12. The zero-order valence-corrected chi connectivity index (χ0v) is 11.7. The van der Waals surface area contributed by atoms with Crippen LogP contribution in [-0.2, 0) is 6.54 Å². The Morgan fingerprint density at radius 3 is 3.10 bits per heavy atom. The van der Waals surface area contributed by atoms with Gasteiger partial charge in [0, 0.05) is 29.8 Å². The third-order valence-electron chi connectivity index (χ3n) is 2.84. The van der Waals surface area contributed by atoms with Gasteiger partial charge in [-0.2, -0.15) is 5.10 Å². The van der Waals surface area contributed by atoms with Gasteiger partial charge in [-0.25, -0.2) is 0 Å². The van der Waals surface area contributed by atoms with Crippen LogP contribution in [0.1, 0.15) is 16.6 Å². The fourth-order valence-electron chi connectivity index (χ4n) is 1.81. The third kappa shape index (κ3) is 2.50. The Kier molecular flexibility index (Phi) is 3.39. The second kappa shape index (κ2) is 5.34. The van der Waals surface area contributed by atoms with Crippen molar-refractivity contribution in [3.63, 3.8) is 0 Å². The molecule has 0 fully saturated rings. The molecule has 0 saturated heterocycles. The van der Waals surface area contributed by atoms with E-state index in [4.69, 9.17) is 4.42 Å². The van der Waals surface area contributed by atoms with Gasteiger partial charge in [-0.3, -0.25) is 9.48 Å². The summed E-state index contributed by atoms with van der Waals surface area (Å²) < 4.78 is 7.07. The van der Waals surface area contributed by atoms with Crippen LogP contribution in [0.15, 0.2) is 46.5 Å². The van der Waals surface area contributed by atoms with E-state index in [0.717, 1.165) is 17.9 Å². The number of nitrogens with zero attached hydrogens (tertiary/aromatic N) is 2. The minimum absolute atomic E-state index is 0.158. The first-order valence-electron chi connectivity index (χ1n) is 6.23. The Labute approximate surface area is 119 Å². The van der Waals surface area contributed by atoms with Crippen molar-refractivity contribution in [2.24, 2.45) is 0 Å². The van der Waals surface area contributed by atoms with E-state index < -0.39 is 0 Å². The van der Waals surface area contributed by atoms with E-state index >= 15 is 0 Å². The van der Waals surface area contributed by atoms with Crippen molar-refractivity contribution >= 4 is 23.1 Å². The standard InChI is InChI=1S/C14H13N3O2S/c1-2-17-6-5-13(16-17)15-14(18)12-8-10(9-20-12)11-4-3-7-19-11/h3-9H,2H2,1H3,(H,15,16,18). The fraction of sp³-hybridized carbons (Fsp3) is 0.143. The molecule has 0 aliphatic heterocycles. The molecule has 3 heterocycles. The molecule has 3 aromatic heterocycles. The van der Waals surface area contributed by atoms with Crippen LogP contribution in [-0.4, -0.2) is 15.7 Å². The Balaban J connectivity index is 1.74. The summed E-state index contributed by atoms with van der Waals surface area (Å²) in [6.45, 7) is 2.77. The third-order valence-corrected chi connectivity index (χ3v) is 3.76. The maximum atomic E-state index is 12.1. The SMILES string of the molecule is CCn1ccc(NC(=O)c2cc(-c3ccco3)cs2)n1. The van der Waals surface area contributed by atoms with E-state index in [0.29, 0.717) is 10.7 Å². The number of nitrogens with one attached hydrogen (secondary N) is 1. The van der Waals surface area contributed by atoms with Crippen LogP contribution < -0.4 is 5.32 Å². The summed E-state index contributed by atoms with van der Waals surface area (Å²) in [5.41, 5.74) is 0.907. The van der Waals surface area contributed by atoms with Gasteiger partial charge < -0.3 is 9.73 Å². The number of amides is 1. The summed E-state index contributed by atoms with van der Waals surface area (Å²) >= 11 is 1.38. The van der Waals surface area contributed by atoms with Gasteiger partial charge in [0.1, 0.15) is 5.76 Å². The Bertz CT molecular complexity index is 712. The predicted molar refractivity (Wildman–Crippen MR) is 77.9 cm³/mol. The number of hydrogen-bond donors (Lipinski definition) is 1. The van der Waals surface area contributed by atoms with E-state index in [1.807, 2.05) is 36.7 Å². The zero-order chi connectivity index (χ0) is 13.9. The van der Waals surface area contributed by atoms with E-state index in [-0.39, 0.29) is 5.91 Å². The van der Waals surface area contributed by atoms with E-state index in [9.17, 15) is 4.79 Å². The van der Waals surface area contributed by atoms with Gasteiger partial charge in [0.15, 0.2) is 5.82 Å². The molecule has 3 aromatic rings. The lowest BCUT2D eigenvalue weighted by atomic mass is 10.2. The molecule has 20 heavy (non-hydrogen) atoms. The monoisotopic (exact) mass is 287 g/mol. The number of carbonyl (C=O) groups excluding carboxylic acids is 1. The van der Waals surface area contributed by atoms with E-state index in [1.54, 1.807) is 17.0 Å². The van der Waals surface area contributed by atoms with Crippen molar-refractivity contribution in [3.05, 3.63) is 47.0 Å². The summed E-state index contributed by atoms with van der Waals surface area (Å²) in [6.07, 6.45) is 3.45. The van der Waals surface area contributed by atoms with Gasteiger partial charge in [0.05, 0.1) is 11.1 Å². The van der Waals surface area contributed by atoms with Gasteiger partial charge in [0.25, 0.3) is 5.91 Å². The maximum Gasteiger partial charge on any atom is 0.266 e. The summed E-state index contributed by atoms with van der Waals surface area (Å²) in [7, 11) is 0. The molecule has 0 aliphatic rings. The van der Waals surface area contributed by atoms with Crippen molar-refractivity contribution in [3.8, 4) is 11.3 Å². The molecule has 0 radical (unpaired) electrons. The van der Waals surface area contributed by atoms with Gasteiger partial charge in [0.2, 0.25) is 0 Å². The van der Waals surface area contributed by atoms with Crippen molar-refractivity contribution < 1.29 is 9.21 Å². The van der Waals surface area contributed by atoms with Crippen molar-refractivity contribution in [1.29, 1.82) is 0 Å². The number of aryl methyl sites for hydroxylation is 1. The molecule has 102 valence electrons. The first-order chi connectivity index (χ1) is 9.76. The summed E-state index contributed by atoms with van der Waals surface area (Å²) in [6, 6.07) is 7.29. The molecule has 1 amide bonds. The molecule has 0 aliphatic carbocycles. The number of thiophene rings is 1. The lowest BCUT2D eigenvalue weighted by molar-refractivity contribution is 0.103. The van der Waals surface area contributed by atoms with Crippen molar-refractivity contribution in [2.75, 3.05) is 5.32 Å². The Morgan fingerprint density at radius 2 is 2.40 bits per heavy atom. The summed E-state index contributed by atoms with van der Waals surface area (Å²) in [5, 5.41) is 8.90. The van der Waals surface area contributed by atoms with Crippen LogP contribution in [0.5, 0.6) is 0 Å². The van der Waals surface area contributed by atoms with Gasteiger partial charge in [-0.15, -0.1) is 11.3 Å². The average molecular weight is 287 g/mol. The fourth-order valence-corrected chi connectivity index (χ4v) is 2.60. The molecule has 6 heteroatoms. The highest BCUT2D eigenvalue weighted by Gasteiger charge is 2.12. The molecular formula is C14H13N3O2S. The highest BCUT2D eigenvalue weighted by atomic mass is 32.1. The number of anilines is 1. The maximum absolute atomic E-state index is 12.1. The van der Waals surface area contributed by atoms with Crippen LogP contribution >= 0.6 is 11.3 Å². The number of carbonyl (C=O) groups is 1. The van der Waals surface area contributed by atoms with Crippen molar-refractivity contribution in [1.82, 2.24) is 9.78 Å². The Morgan fingerprint density at radius 1 is 1.50 bits per heavy atom. The molecule has 5 nitrogen and oxygen atoms in total. The average Bonchev–Trinajstić information content (AvgIpc) is 3.19. The molecule has 0 unspecified atom stereocenters. The predicted octanol–water partition coefficient (Wildman–Crippen LogP) is 3.48. The van der Waals surface area contributed by atoms with E-state index in [2.05, 4.69) is 10.4 Å². The molecule has 0 aromatic carbocycles. The van der Waals surface area contributed by atoms with Crippen LogP contribution in [0, 0.1) is 0 Å². The molecule has 0 saturated carbocycles. The second-order valence-electron chi connectivity index (χ2n) is 4.19. The van der Waals surface area contributed by atoms with Crippen LogP contribution in [0.2, 0.25) is 0 Å². The Hall–Kier alpha value is -2.34. The van der Waals surface area contributed by atoms with Crippen LogP contribution in [0.3, 0.4) is 0 Å². The first kappa shape index (κ1) is 12.7. The van der Waals surface area contributed by atoms with Gasteiger partial charge in [-0.05, 0) is 25.1 Å². The molecule has 0 spiro atoms. The normalized spacial score (nSPS) is 10.7. The molecule has 0 bridgehead atoms. The second-order valence-corrected chi connectivity index (χ2v) is 5.10.